The number of aryl methyl sites for hydroxylation is 1. The molecule has 2 aliphatic heterocycles. The molecule has 0 aliphatic carbocycles. The number of hydrogen-bond acceptors (Lipinski definition) is 9. The van der Waals surface area contributed by atoms with Gasteiger partial charge in [-0.2, -0.15) is 0 Å². The number of carbonyl (C=O) groups is 2. The molecule has 2 fully saturated rings. The van der Waals surface area contributed by atoms with Gasteiger partial charge in [-0.3, -0.25) is 9.59 Å². The topological polar surface area (TPSA) is 172 Å². The zero-order valence-electron chi connectivity index (χ0n) is 29.2. The predicted octanol–water partition coefficient (Wildman–Crippen LogP) is 2.30. The van der Waals surface area contributed by atoms with E-state index in [-0.39, 0.29) is 29.0 Å². The zero-order valence-corrected chi connectivity index (χ0v) is 29.2. The molecule has 0 aromatic heterocycles. The van der Waals surface area contributed by atoms with E-state index in [4.69, 9.17) is 4.74 Å². The first-order valence-electron chi connectivity index (χ1n) is 16.7. The third-order valence-electron chi connectivity index (χ3n) is 9.50. The number of nitrogens with one attached hydrogen (secondary N) is 2. The van der Waals surface area contributed by atoms with Crippen molar-refractivity contribution in [3.63, 3.8) is 0 Å². The van der Waals surface area contributed by atoms with Gasteiger partial charge in [0.15, 0.2) is 0 Å². The molecular formula is C37H53N3O8. The van der Waals surface area contributed by atoms with E-state index in [2.05, 4.69) is 10.6 Å². The highest BCUT2D eigenvalue weighted by Gasteiger charge is 2.45. The average molecular weight is 668 g/mol. The van der Waals surface area contributed by atoms with Gasteiger partial charge < -0.3 is 45.8 Å². The first-order chi connectivity index (χ1) is 22.5. The summed E-state index contributed by atoms with van der Waals surface area (Å²) in [5.41, 5.74) is 3.11. The van der Waals surface area contributed by atoms with Crippen molar-refractivity contribution in [1.82, 2.24) is 15.5 Å². The summed E-state index contributed by atoms with van der Waals surface area (Å²) in [6.07, 6.45) is -2.55. The van der Waals surface area contributed by atoms with Gasteiger partial charge in [-0.05, 0) is 86.9 Å². The number of phenols is 1. The number of hydrogen-bond donors (Lipinski definition) is 7. The standard InChI is InChI=1S/C37H53N3O8/c1-21(2)26-19-28(42)27(33-32(45)31(44)30(43)29(20-41)48-33)18-25(26)17-24-9-8-23(16-22(24)3)10-11-36(4,5)34(46)39-37(6,7)35(47)40-14-12-38-13-15-40/h8-11,16,18-19,21,29-33,38,41-45H,12-15,17,20H2,1-7H3,(H,39,46)/b11-10+/t29-,30-,31+,32-,33+/m1/s1. The molecule has 11 heteroatoms. The van der Waals surface area contributed by atoms with Gasteiger partial charge in [-0.25, -0.2) is 0 Å². The molecule has 2 aromatic carbocycles. The monoisotopic (exact) mass is 667 g/mol. The van der Waals surface area contributed by atoms with Crippen LogP contribution < -0.4 is 10.6 Å². The van der Waals surface area contributed by atoms with Crippen LogP contribution in [0.2, 0.25) is 0 Å². The van der Waals surface area contributed by atoms with E-state index in [1.807, 2.05) is 65.0 Å². The van der Waals surface area contributed by atoms with Crippen LogP contribution in [0.5, 0.6) is 5.75 Å². The molecule has 4 rings (SSSR count). The number of aliphatic hydroxyl groups excluding tert-OH is 4. The van der Waals surface area contributed by atoms with E-state index in [0.717, 1.165) is 40.9 Å². The van der Waals surface area contributed by atoms with Gasteiger partial charge in [-0.15, -0.1) is 0 Å². The minimum Gasteiger partial charge on any atom is -0.508 e. The minimum absolute atomic E-state index is 0.0720. The number of piperazine rings is 1. The van der Waals surface area contributed by atoms with Crippen molar-refractivity contribution in [3.05, 3.63) is 69.8 Å². The molecule has 11 nitrogen and oxygen atoms in total. The summed E-state index contributed by atoms with van der Waals surface area (Å²) >= 11 is 0. The minimum atomic E-state index is -1.56. The lowest BCUT2D eigenvalue weighted by Crippen LogP contribution is -2.60. The third kappa shape index (κ3) is 8.27. The fourth-order valence-corrected chi connectivity index (χ4v) is 6.31. The van der Waals surface area contributed by atoms with E-state index in [1.54, 1.807) is 30.9 Å². The maximum Gasteiger partial charge on any atom is 0.247 e. The molecule has 0 radical (unpaired) electrons. The van der Waals surface area contributed by atoms with E-state index >= 15 is 0 Å². The summed E-state index contributed by atoms with van der Waals surface area (Å²) in [5.74, 6) is -0.378. The number of aliphatic hydroxyl groups is 4. The molecule has 5 atom stereocenters. The van der Waals surface area contributed by atoms with Crippen LogP contribution in [0.1, 0.15) is 86.9 Å². The third-order valence-corrected chi connectivity index (χ3v) is 9.50. The Morgan fingerprint density at radius 3 is 2.29 bits per heavy atom. The molecule has 264 valence electrons. The van der Waals surface area contributed by atoms with E-state index in [0.29, 0.717) is 19.5 Å². The van der Waals surface area contributed by atoms with E-state index < -0.39 is 48.1 Å². The number of nitrogens with zero attached hydrogens (tertiary/aromatic N) is 1. The summed E-state index contributed by atoms with van der Waals surface area (Å²) < 4.78 is 5.75. The molecule has 2 amide bonds. The number of amides is 2. The zero-order chi connectivity index (χ0) is 35.6. The highest BCUT2D eigenvalue weighted by atomic mass is 16.5. The molecule has 2 aliphatic rings. The Morgan fingerprint density at radius 1 is 1.02 bits per heavy atom. The van der Waals surface area contributed by atoms with Crippen molar-refractivity contribution in [2.75, 3.05) is 32.8 Å². The number of carbonyl (C=O) groups excluding carboxylic acids is 2. The second-order valence-electron chi connectivity index (χ2n) is 14.6. The Labute approximate surface area is 283 Å². The molecule has 48 heavy (non-hydrogen) atoms. The first-order valence-corrected chi connectivity index (χ1v) is 16.7. The molecule has 0 saturated carbocycles. The van der Waals surface area contributed by atoms with Gasteiger partial charge in [0.1, 0.15) is 41.8 Å². The quantitative estimate of drug-likeness (QED) is 0.201. The van der Waals surface area contributed by atoms with Crippen molar-refractivity contribution < 1.29 is 39.9 Å². The van der Waals surface area contributed by atoms with Crippen LogP contribution in [0.25, 0.3) is 6.08 Å². The van der Waals surface area contributed by atoms with Crippen molar-refractivity contribution >= 4 is 17.9 Å². The second kappa shape index (κ2) is 15.1. The molecule has 0 unspecified atom stereocenters. The van der Waals surface area contributed by atoms with Gasteiger partial charge >= 0.3 is 0 Å². The lowest BCUT2D eigenvalue weighted by Gasteiger charge is -2.40. The van der Waals surface area contributed by atoms with E-state index in [1.165, 1.54) is 0 Å². The molecule has 2 saturated heterocycles. The second-order valence-corrected chi connectivity index (χ2v) is 14.6. The Hall–Kier alpha value is -3.32. The van der Waals surface area contributed by atoms with Gasteiger partial charge in [-0.1, -0.05) is 44.2 Å². The highest BCUT2D eigenvalue weighted by molar-refractivity contribution is 5.93. The van der Waals surface area contributed by atoms with Crippen molar-refractivity contribution in [3.8, 4) is 5.75 Å². The Balaban J connectivity index is 1.52. The van der Waals surface area contributed by atoms with Crippen LogP contribution in [0.3, 0.4) is 0 Å². The van der Waals surface area contributed by atoms with Crippen LogP contribution >= 0.6 is 0 Å². The normalized spacial score (nSPS) is 23.9. The number of benzene rings is 2. The average Bonchev–Trinajstić information content (AvgIpc) is 3.04. The van der Waals surface area contributed by atoms with Crippen LogP contribution in [0.4, 0.5) is 0 Å². The highest BCUT2D eigenvalue weighted by Crippen LogP contribution is 2.40. The van der Waals surface area contributed by atoms with Crippen molar-refractivity contribution in [2.45, 2.75) is 96.9 Å². The SMILES string of the molecule is Cc1cc(/C=C/C(C)(C)C(=O)NC(C)(C)C(=O)N2CCNCC2)ccc1Cc1cc([C@@H]2O[C@H](CO)[C@@H](O)[C@H](O)[C@H]2O)c(O)cc1C(C)C. The van der Waals surface area contributed by atoms with Crippen LogP contribution in [0, 0.1) is 12.3 Å². The van der Waals surface area contributed by atoms with E-state index in [9.17, 15) is 35.1 Å². The van der Waals surface area contributed by atoms with Crippen molar-refractivity contribution in [2.24, 2.45) is 5.41 Å². The fourth-order valence-electron chi connectivity index (χ4n) is 6.31. The molecule has 2 heterocycles. The summed E-state index contributed by atoms with van der Waals surface area (Å²) in [6, 6.07) is 9.43. The van der Waals surface area contributed by atoms with Crippen molar-refractivity contribution in [1.29, 1.82) is 0 Å². The fraction of sp³-hybridized carbons (Fsp3) is 0.568. The largest absolute Gasteiger partial charge is 0.508 e. The molecule has 0 spiro atoms. The van der Waals surface area contributed by atoms with Crippen LogP contribution in [-0.4, -0.2) is 105 Å². The number of phenolic OH excluding ortho intramolecular Hbond substituents is 1. The predicted molar refractivity (Wildman–Crippen MR) is 183 cm³/mol. The van der Waals surface area contributed by atoms with Gasteiger partial charge in [0.2, 0.25) is 11.8 Å². The number of ether oxygens (including phenoxy) is 1. The lowest BCUT2D eigenvalue weighted by atomic mass is 9.85. The van der Waals surface area contributed by atoms with Gasteiger partial charge in [0.25, 0.3) is 0 Å². The Morgan fingerprint density at radius 2 is 1.69 bits per heavy atom. The molecule has 2 aromatic rings. The van der Waals surface area contributed by atoms with Gasteiger partial charge in [0, 0.05) is 31.7 Å². The van der Waals surface area contributed by atoms with Gasteiger partial charge in [0.05, 0.1) is 12.0 Å². The number of rotatable bonds is 10. The number of aromatic hydroxyl groups is 1. The lowest BCUT2D eigenvalue weighted by molar-refractivity contribution is -0.232. The Kier molecular flexibility index (Phi) is 11.8. The summed E-state index contributed by atoms with van der Waals surface area (Å²) in [7, 11) is 0. The Bertz CT molecular complexity index is 1500. The maximum absolute atomic E-state index is 13.3. The van der Waals surface area contributed by atoms with Crippen LogP contribution in [0.15, 0.2) is 36.4 Å². The molecule has 7 N–H and O–H groups in total. The summed E-state index contributed by atoms with van der Waals surface area (Å²) in [6.45, 7) is 15.3. The summed E-state index contributed by atoms with van der Waals surface area (Å²) in [5, 5.41) is 58.1. The first kappa shape index (κ1) is 37.5. The maximum atomic E-state index is 13.3. The summed E-state index contributed by atoms with van der Waals surface area (Å²) in [4.78, 5) is 28.2. The molecular weight excluding hydrogens is 614 g/mol. The smallest absolute Gasteiger partial charge is 0.247 e. The molecule has 0 bridgehead atoms. The van der Waals surface area contributed by atoms with Crippen LogP contribution in [-0.2, 0) is 20.7 Å².